The van der Waals surface area contributed by atoms with E-state index in [1.807, 2.05) is 0 Å². The summed E-state index contributed by atoms with van der Waals surface area (Å²) in [6, 6.07) is 0. The number of hydrogen-bond acceptors (Lipinski definition) is 3. The van der Waals surface area contributed by atoms with Crippen LogP contribution in [-0.4, -0.2) is 27.8 Å². The van der Waals surface area contributed by atoms with Gasteiger partial charge in [0.15, 0.2) is 5.72 Å². The smallest absolute Gasteiger partial charge is 0.383 e. The quantitative estimate of drug-likeness (QED) is 0.649. The van der Waals surface area contributed by atoms with Crippen molar-refractivity contribution in [2.45, 2.75) is 56.6 Å². The first-order valence-electron chi connectivity index (χ1n) is 5.90. The van der Waals surface area contributed by atoms with Crippen LogP contribution in [0, 0.1) is 5.92 Å². The molecule has 100 valence electrons. The minimum Gasteiger partial charge on any atom is -0.477 e. The van der Waals surface area contributed by atoms with Crippen LogP contribution < -0.4 is 5.73 Å². The molecule has 1 saturated carbocycles. The third-order valence-electron chi connectivity index (χ3n) is 3.47. The second kappa shape index (κ2) is 5.27. The Balaban J connectivity index is 2.51. The number of nitrogens with two attached hydrogens (primary N) is 1. The number of carbonyl (C=O) groups is 1. The molecular weight excluding hydrogens is 232 g/mol. The number of carboxylic acids is 1. The van der Waals surface area contributed by atoms with Gasteiger partial charge in [-0.25, -0.2) is 4.79 Å². The molecule has 0 bridgehead atoms. The van der Waals surface area contributed by atoms with Crippen molar-refractivity contribution >= 4 is 5.97 Å². The molecular formula is C11H19F2NO3. The zero-order valence-electron chi connectivity index (χ0n) is 9.66. The van der Waals surface area contributed by atoms with E-state index in [1.54, 1.807) is 0 Å². The fraction of sp³-hybridized carbons (Fsp3) is 0.909. The lowest BCUT2D eigenvalue weighted by molar-refractivity contribution is -0.209. The van der Waals surface area contributed by atoms with E-state index in [0.29, 0.717) is 6.42 Å². The summed E-state index contributed by atoms with van der Waals surface area (Å²) in [6.07, 6.45) is 5.09. The van der Waals surface area contributed by atoms with E-state index in [2.05, 4.69) is 0 Å². The van der Waals surface area contributed by atoms with E-state index in [9.17, 15) is 18.7 Å². The van der Waals surface area contributed by atoms with Gasteiger partial charge in [-0.05, 0) is 18.8 Å². The fourth-order valence-electron chi connectivity index (χ4n) is 2.24. The normalized spacial score (nSPS) is 22.1. The second-order valence-corrected chi connectivity index (χ2v) is 4.85. The fourth-order valence-corrected chi connectivity index (χ4v) is 2.24. The standard InChI is InChI=1S/C11H19F2NO3/c12-11(13,9(15)16)10(14,17)7-6-8-4-2-1-3-5-8/h8,17H,1-7,14H2,(H,15,16). The summed E-state index contributed by atoms with van der Waals surface area (Å²) < 4.78 is 26.2. The van der Waals surface area contributed by atoms with E-state index < -0.39 is 24.0 Å². The molecule has 4 nitrogen and oxygen atoms in total. The van der Waals surface area contributed by atoms with Crippen molar-refractivity contribution in [1.82, 2.24) is 0 Å². The van der Waals surface area contributed by atoms with Crippen LogP contribution in [0.25, 0.3) is 0 Å². The minimum atomic E-state index is -4.30. The van der Waals surface area contributed by atoms with Crippen molar-refractivity contribution in [1.29, 1.82) is 0 Å². The predicted octanol–water partition coefficient (Wildman–Crippen LogP) is 1.71. The molecule has 1 rings (SSSR count). The molecule has 0 radical (unpaired) electrons. The summed E-state index contributed by atoms with van der Waals surface area (Å²) in [4.78, 5) is 10.3. The molecule has 4 N–H and O–H groups in total. The Morgan fingerprint density at radius 2 is 1.82 bits per heavy atom. The van der Waals surface area contributed by atoms with Gasteiger partial charge >= 0.3 is 11.9 Å². The van der Waals surface area contributed by atoms with Crippen LogP contribution in [0.4, 0.5) is 8.78 Å². The Hall–Kier alpha value is -0.750. The maximum atomic E-state index is 13.1. The van der Waals surface area contributed by atoms with Crippen molar-refractivity contribution in [3.8, 4) is 0 Å². The molecule has 0 saturated heterocycles. The van der Waals surface area contributed by atoms with Crippen LogP contribution in [0.1, 0.15) is 44.9 Å². The van der Waals surface area contributed by atoms with Crippen LogP contribution in [0.15, 0.2) is 0 Å². The SMILES string of the molecule is NC(O)(CCC1CCCCC1)C(F)(F)C(=O)O. The van der Waals surface area contributed by atoms with E-state index >= 15 is 0 Å². The topological polar surface area (TPSA) is 83.5 Å². The van der Waals surface area contributed by atoms with Crippen LogP contribution >= 0.6 is 0 Å². The lowest BCUT2D eigenvalue weighted by Crippen LogP contribution is -2.59. The Morgan fingerprint density at radius 3 is 2.29 bits per heavy atom. The van der Waals surface area contributed by atoms with Crippen molar-refractivity contribution in [3.63, 3.8) is 0 Å². The molecule has 0 aliphatic heterocycles. The molecule has 6 heteroatoms. The first kappa shape index (κ1) is 14.3. The molecule has 1 aliphatic carbocycles. The zero-order chi connectivity index (χ0) is 13.1. The minimum absolute atomic E-state index is 0.267. The average molecular weight is 251 g/mol. The van der Waals surface area contributed by atoms with Crippen LogP contribution in [0.3, 0.4) is 0 Å². The summed E-state index contributed by atoms with van der Waals surface area (Å²) in [5, 5.41) is 17.7. The molecule has 1 aliphatic rings. The van der Waals surface area contributed by atoms with Crippen LogP contribution in [0.2, 0.25) is 0 Å². The maximum absolute atomic E-state index is 13.1. The lowest BCUT2D eigenvalue weighted by atomic mass is 9.84. The highest BCUT2D eigenvalue weighted by atomic mass is 19.3. The number of alkyl halides is 2. The third kappa shape index (κ3) is 3.35. The van der Waals surface area contributed by atoms with Gasteiger partial charge in [-0.2, -0.15) is 8.78 Å². The summed E-state index contributed by atoms with van der Waals surface area (Å²) in [5.41, 5.74) is 2.08. The Labute approximate surface area is 98.8 Å². The van der Waals surface area contributed by atoms with Gasteiger partial charge in [-0.1, -0.05) is 32.1 Å². The highest BCUT2D eigenvalue weighted by molar-refractivity contribution is 5.76. The Bertz CT molecular complexity index is 276. The number of carboxylic acid groups (broad SMARTS) is 1. The second-order valence-electron chi connectivity index (χ2n) is 4.85. The summed E-state index contributed by atoms with van der Waals surface area (Å²) in [6.45, 7) is 0. The number of halogens is 2. The summed E-state index contributed by atoms with van der Waals surface area (Å²) in [5.74, 6) is -6.42. The first-order chi connectivity index (χ1) is 7.77. The van der Waals surface area contributed by atoms with Gasteiger partial charge in [-0.3, -0.25) is 5.73 Å². The molecule has 17 heavy (non-hydrogen) atoms. The van der Waals surface area contributed by atoms with Gasteiger partial charge in [0.25, 0.3) is 0 Å². The van der Waals surface area contributed by atoms with Crippen molar-refractivity contribution in [2.75, 3.05) is 0 Å². The molecule has 0 heterocycles. The number of aliphatic hydroxyl groups is 1. The zero-order valence-corrected chi connectivity index (χ0v) is 9.66. The van der Waals surface area contributed by atoms with Crippen LogP contribution in [-0.2, 0) is 4.79 Å². The Kier molecular flexibility index (Phi) is 4.43. The van der Waals surface area contributed by atoms with Crippen molar-refractivity contribution < 1.29 is 23.8 Å². The number of hydrogen-bond donors (Lipinski definition) is 3. The summed E-state index contributed by atoms with van der Waals surface area (Å²) in [7, 11) is 0. The Morgan fingerprint density at radius 1 is 1.29 bits per heavy atom. The van der Waals surface area contributed by atoms with Crippen molar-refractivity contribution in [3.05, 3.63) is 0 Å². The van der Waals surface area contributed by atoms with Gasteiger partial charge < -0.3 is 10.2 Å². The highest BCUT2D eigenvalue weighted by Crippen LogP contribution is 2.33. The lowest BCUT2D eigenvalue weighted by Gasteiger charge is -2.31. The van der Waals surface area contributed by atoms with E-state index in [0.717, 1.165) is 32.1 Å². The van der Waals surface area contributed by atoms with E-state index in [-0.39, 0.29) is 5.92 Å². The van der Waals surface area contributed by atoms with Gasteiger partial charge in [0.05, 0.1) is 0 Å². The number of rotatable bonds is 5. The molecule has 0 amide bonds. The molecule has 1 atom stereocenters. The monoisotopic (exact) mass is 251 g/mol. The van der Waals surface area contributed by atoms with Gasteiger partial charge in [-0.15, -0.1) is 0 Å². The number of aliphatic carboxylic acids is 1. The largest absolute Gasteiger partial charge is 0.477 e. The average Bonchev–Trinajstić information content (AvgIpc) is 2.27. The van der Waals surface area contributed by atoms with Gasteiger partial charge in [0.1, 0.15) is 0 Å². The molecule has 0 aromatic carbocycles. The molecule has 1 fully saturated rings. The maximum Gasteiger partial charge on any atom is 0.383 e. The van der Waals surface area contributed by atoms with E-state index in [1.165, 1.54) is 0 Å². The van der Waals surface area contributed by atoms with E-state index in [4.69, 9.17) is 10.8 Å². The molecule has 0 aromatic rings. The van der Waals surface area contributed by atoms with Crippen LogP contribution in [0.5, 0.6) is 0 Å². The van der Waals surface area contributed by atoms with Gasteiger partial charge in [0.2, 0.25) is 0 Å². The highest BCUT2D eigenvalue weighted by Gasteiger charge is 2.56. The molecule has 0 aromatic heterocycles. The summed E-state index contributed by atoms with van der Waals surface area (Å²) >= 11 is 0. The van der Waals surface area contributed by atoms with Crippen molar-refractivity contribution in [2.24, 2.45) is 11.7 Å². The molecule has 1 unspecified atom stereocenters. The predicted molar refractivity (Wildman–Crippen MR) is 57.5 cm³/mol. The van der Waals surface area contributed by atoms with Gasteiger partial charge in [0, 0.05) is 0 Å². The third-order valence-corrected chi connectivity index (χ3v) is 3.47. The molecule has 0 spiro atoms. The first-order valence-corrected chi connectivity index (χ1v) is 5.90.